The van der Waals surface area contributed by atoms with Crippen LogP contribution in [0, 0.1) is 0 Å². The van der Waals surface area contributed by atoms with E-state index in [0.29, 0.717) is 18.0 Å². The van der Waals surface area contributed by atoms with E-state index in [2.05, 4.69) is 5.32 Å². The standard InChI is InChI=1S/C17H19NO5/c1-20-13-6-2-3-7-14(13)22-16-9-8-15(23-16)17(19)18-11-12-5-4-10-21-12/h2-3,6-9,12H,4-5,10-11H2,1H3,(H,18,19). The van der Waals surface area contributed by atoms with Crippen molar-refractivity contribution in [1.82, 2.24) is 5.32 Å². The van der Waals surface area contributed by atoms with Gasteiger partial charge in [0.05, 0.1) is 13.2 Å². The highest BCUT2D eigenvalue weighted by Crippen LogP contribution is 2.31. The van der Waals surface area contributed by atoms with Crippen molar-refractivity contribution in [1.29, 1.82) is 0 Å². The molecule has 0 saturated carbocycles. The van der Waals surface area contributed by atoms with Crippen molar-refractivity contribution >= 4 is 5.91 Å². The Hall–Kier alpha value is -2.47. The van der Waals surface area contributed by atoms with E-state index in [1.807, 2.05) is 12.1 Å². The number of benzene rings is 1. The summed E-state index contributed by atoms with van der Waals surface area (Å²) in [5, 5.41) is 2.80. The number of carbonyl (C=O) groups excluding carboxylic acids is 1. The molecule has 1 aliphatic heterocycles. The molecule has 122 valence electrons. The first-order chi connectivity index (χ1) is 11.3. The van der Waals surface area contributed by atoms with Crippen molar-refractivity contribution in [2.75, 3.05) is 20.3 Å². The monoisotopic (exact) mass is 317 g/mol. The molecule has 1 aromatic carbocycles. The second kappa shape index (κ2) is 7.19. The highest BCUT2D eigenvalue weighted by molar-refractivity contribution is 5.91. The molecule has 1 aliphatic rings. The number of para-hydroxylation sites is 2. The van der Waals surface area contributed by atoms with Crippen LogP contribution in [-0.4, -0.2) is 32.3 Å². The van der Waals surface area contributed by atoms with Gasteiger partial charge in [-0.3, -0.25) is 4.79 Å². The Morgan fingerprint density at radius 2 is 2.09 bits per heavy atom. The van der Waals surface area contributed by atoms with Gasteiger partial charge in [0, 0.05) is 19.2 Å². The van der Waals surface area contributed by atoms with E-state index in [-0.39, 0.29) is 23.7 Å². The Balaban J connectivity index is 1.59. The summed E-state index contributed by atoms with van der Waals surface area (Å²) in [4.78, 5) is 12.0. The number of hydrogen-bond acceptors (Lipinski definition) is 5. The van der Waals surface area contributed by atoms with Crippen LogP contribution in [0.15, 0.2) is 40.8 Å². The van der Waals surface area contributed by atoms with Crippen LogP contribution < -0.4 is 14.8 Å². The number of amides is 1. The largest absolute Gasteiger partial charge is 0.493 e. The quantitative estimate of drug-likeness (QED) is 0.887. The van der Waals surface area contributed by atoms with Crippen LogP contribution in [0.1, 0.15) is 23.4 Å². The lowest BCUT2D eigenvalue weighted by Gasteiger charge is -2.09. The second-order valence-electron chi connectivity index (χ2n) is 5.22. The normalized spacial score (nSPS) is 17.0. The molecule has 0 aliphatic carbocycles. The van der Waals surface area contributed by atoms with Crippen LogP contribution in [0.5, 0.6) is 17.4 Å². The average molecular weight is 317 g/mol. The van der Waals surface area contributed by atoms with Crippen molar-refractivity contribution < 1.29 is 23.4 Å². The molecule has 6 nitrogen and oxygen atoms in total. The fraction of sp³-hybridized carbons (Fsp3) is 0.353. The Labute approximate surface area is 134 Å². The summed E-state index contributed by atoms with van der Waals surface area (Å²) in [6, 6.07) is 10.4. The van der Waals surface area contributed by atoms with E-state index >= 15 is 0 Å². The van der Waals surface area contributed by atoms with Gasteiger partial charge in [-0.1, -0.05) is 12.1 Å². The Morgan fingerprint density at radius 1 is 1.26 bits per heavy atom. The number of methoxy groups -OCH3 is 1. The molecule has 1 aromatic heterocycles. The van der Waals surface area contributed by atoms with E-state index in [9.17, 15) is 4.79 Å². The van der Waals surface area contributed by atoms with E-state index in [1.165, 1.54) is 0 Å². The maximum Gasteiger partial charge on any atom is 0.290 e. The predicted octanol–water partition coefficient (Wildman–Crippen LogP) is 2.99. The van der Waals surface area contributed by atoms with Gasteiger partial charge in [-0.15, -0.1) is 0 Å². The molecule has 23 heavy (non-hydrogen) atoms. The van der Waals surface area contributed by atoms with Gasteiger partial charge in [-0.2, -0.15) is 0 Å². The van der Waals surface area contributed by atoms with Gasteiger partial charge in [0.15, 0.2) is 17.3 Å². The third-order valence-electron chi connectivity index (χ3n) is 3.60. The number of furan rings is 1. The molecule has 3 rings (SSSR count). The molecule has 2 heterocycles. The summed E-state index contributed by atoms with van der Waals surface area (Å²) in [7, 11) is 1.56. The van der Waals surface area contributed by atoms with Gasteiger partial charge in [0.2, 0.25) is 0 Å². The number of ether oxygens (including phenoxy) is 3. The molecule has 1 unspecified atom stereocenters. The molecule has 1 saturated heterocycles. The number of carbonyl (C=O) groups is 1. The van der Waals surface area contributed by atoms with Gasteiger partial charge in [-0.25, -0.2) is 0 Å². The minimum absolute atomic E-state index is 0.0956. The molecule has 2 aromatic rings. The maximum atomic E-state index is 12.0. The van der Waals surface area contributed by atoms with E-state index in [1.54, 1.807) is 31.4 Å². The van der Waals surface area contributed by atoms with Gasteiger partial charge in [-0.05, 0) is 31.0 Å². The van der Waals surface area contributed by atoms with Crippen LogP contribution in [-0.2, 0) is 4.74 Å². The molecule has 0 bridgehead atoms. The topological polar surface area (TPSA) is 69.9 Å². The molecule has 6 heteroatoms. The lowest BCUT2D eigenvalue weighted by Crippen LogP contribution is -2.31. The Kier molecular flexibility index (Phi) is 4.83. The second-order valence-corrected chi connectivity index (χ2v) is 5.22. The fourth-order valence-corrected chi connectivity index (χ4v) is 2.41. The van der Waals surface area contributed by atoms with Gasteiger partial charge in [0.25, 0.3) is 11.9 Å². The van der Waals surface area contributed by atoms with Crippen molar-refractivity contribution in [3.8, 4) is 17.4 Å². The predicted molar refractivity (Wildman–Crippen MR) is 83.1 cm³/mol. The highest BCUT2D eigenvalue weighted by Gasteiger charge is 2.18. The van der Waals surface area contributed by atoms with Crippen LogP contribution in [0.2, 0.25) is 0 Å². The third-order valence-corrected chi connectivity index (χ3v) is 3.60. The summed E-state index contributed by atoms with van der Waals surface area (Å²) in [6.45, 7) is 1.25. The molecular weight excluding hydrogens is 298 g/mol. The molecule has 0 radical (unpaired) electrons. The summed E-state index contributed by atoms with van der Waals surface area (Å²) in [5.41, 5.74) is 0. The first-order valence-electron chi connectivity index (χ1n) is 7.57. The summed E-state index contributed by atoms with van der Waals surface area (Å²) >= 11 is 0. The van der Waals surface area contributed by atoms with E-state index in [4.69, 9.17) is 18.6 Å². The first-order valence-corrected chi connectivity index (χ1v) is 7.57. The molecule has 0 spiro atoms. The van der Waals surface area contributed by atoms with E-state index in [0.717, 1.165) is 19.4 Å². The maximum absolute atomic E-state index is 12.0. The van der Waals surface area contributed by atoms with Crippen molar-refractivity contribution in [2.45, 2.75) is 18.9 Å². The van der Waals surface area contributed by atoms with Crippen molar-refractivity contribution in [3.63, 3.8) is 0 Å². The van der Waals surface area contributed by atoms with Crippen LogP contribution in [0.25, 0.3) is 0 Å². The SMILES string of the molecule is COc1ccccc1Oc1ccc(C(=O)NCC2CCCO2)o1. The smallest absolute Gasteiger partial charge is 0.290 e. The fourth-order valence-electron chi connectivity index (χ4n) is 2.41. The summed E-state index contributed by atoms with van der Waals surface area (Å²) in [5.74, 6) is 1.27. The van der Waals surface area contributed by atoms with Crippen LogP contribution in [0.4, 0.5) is 0 Å². The zero-order chi connectivity index (χ0) is 16.1. The number of hydrogen-bond donors (Lipinski definition) is 1. The minimum atomic E-state index is -0.282. The van der Waals surface area contributed by atoms with Crippen LogP contribution in [0.3, 0.4) is 0 Å². The van der Waals surface area contributed by atoms with E-state index < -0.39 is 0 Å². The highest BCUT2D eigenvalue weighted by atomic mass is 16.6. The zero-order valence-electron chi connectivity index (χ0n) is 12.9. The summed E-state index contributed by atoms with van der Waals surface area (Å²) < 4.78 is 21.7. The lowest BCUT2D eigenvalue weighted by molar-refractivity contribution is 0.0831. The molecule has 1 amide bonds. The molecule has 1 N–H and O–H groups in total. The number of rotatable bonds is 6. The third kappa shape index (κ3) is 3.84. The van der Waals surface area contributed by atoms with Crippen molar-refractivity contribution in [3.05, 3.63) is 42.2 Å². The lowest BCUT2D eigenvalue weighted by atomic mass is 10.2. The van der Waals surface area contributed by atoms with Gasteiger partial charge in [0.1, 0.15) is 0 Å². The average Bonchev–Trinajstić information content (AvgIpc) is 3.25. The molecule has 1 fully saturated rings. The Morgan fingerprint density at radius 3 is 2.83 bits per heavy atom. The first kappa shape index (κ1) is 15.4. The number of nitrogens with one attached hydrogen (secondary N) is 1. The minimum Gasteiger partial charge on any atom is -0.493 e. The van der Waals surface area contributed by atoms with Crippen molar-refractivity contribution in [2.24, 2.45) is 0 Å². The summed E-state index contributed by atoms with van der Waals surface area (Å²) in [6.07, 6.45) is 2.11. The van der Waals surface area contributed by atoms with Gasteiger partial charge < -0.3 is 23.9 Å². The Bertz CT molecular complexity index is 661. The molecule has 1 atom stereocenters. The van der Waals surface area contributed by atoms with Gasteiger partial charge >= 0.3 is 0 Å². The zero-order valence-corrected chi connectivity index (χ0v) is 12.9. The van der Waals surface area contributed by atoms with Crippen LogP contribution >= 0.6 is 0 Å². The molecular formula is C17H19NO5.